The summed E-state index contributed by atoms with van der Waals surface area (Å²) in [4.78, 5) is 25.6. The van der Waals surface area contributed by atoms with Crippen molar-refractivity contribution in [2.45, 2.75) is 38.6 Å². The van der Waals surface area contributed by atoms with E-state index < -0.39 is 0 Å². The molecule has 8 nitrogen and oxygen atoms in total. The molecule has 2 heterocycles. The Bertz CT molecular complexity index is 473. The molecule has 0 spiro atoms. The third kappa shape index (κ3) is 3.94. The number of carbonyl (C=O) groups excluding carboxylic acids is 1. The van der Waals surface area contributed by atoms with Crippen molar-refractivity contribution in [2.24, 2.45) is 5.73 Å². The molecule has 1 aliphatic heterocycles. The van der Waals surface area contributed by atoms with E-state index in [9.17, 15) is 4.79 Å². The van der Waals surface area contributed by atoms with Crippen molar-refractivity contribution in [3.05, 3.63) is 0 Å². The number of anilines is 3. The predicted molar refractivity (Wildman–Crippen MR) is 77.2 cm³/mol. The molecule has 0 bridgehead atoms. The van der Waals surface area contributed by atoms with E-state index in [4.69, 9.17) is 11.5 Å². The highest BCUT2D eigenvalue weighted by atomic mass is 16.1. The monoisotopic (exact) mass is 279 g/mol. The van der Waals surface area contributed by atoms with Gasteiger partial charge in [0.15, 0.2) is 0 Å². The van der Waals surface area contributed by atoms with Gasteiger partial charge in [0.1, 0.15) is 0 Å². The van der Waals surface area contributed by atoms with Gasteiger partial charge >= 0.3 is 0 Å². The van der Waals surface area contributed by atoms with Crippen LogP contribution in [0.1, 0.15) is 32.6 Å². The Hall–Kier alpha value is -2.12. The standard InChI is InChI=1S/C12H21N7O/c1-8(7-9(13)20)15-11-16-10(14)17-12(18-11)19-5-3-2-4-6-19/h8H,2-7H2,1H3,(H2,13,20)(H3,14,15,16,17,18). The number of amides is 1. The summed E-state index contributed by atoms with van der Waals surface area (Å²) in [5, 5.41) is 3.02. The molecule has 0 saturated carbocycles. The van der Waals surface area contributed by atoms with E-state index in [2.05, 4.69) is 25.2 Å². The smallest absolute Gasteiger partial charge is 0.231 e. The van der Waals surface area contributed by atoms with Crippen LogP contribution in [0.4, 0.5) is 17.8 Å². The van der Waals surface area contributed by atoms with Crippen molar-refractivity contribution in [3.63, 3.8) is 0 Å². The first kappa shape index (κ1) is 14.3. The summed E-state index contributed by atoms with van der Waals surface area (Å²) in [5.74, 6) is 0.774. The molecule has 1 amide bonds. The molecule has 1 aliphatic rings. The van der Waals surface area contributed by atoms with Gasteiger partial charge in [-0.3, -0.25) is 4.79 Å². The van der Waals surface area contributed by atoms with Crippen LogP contribution < -0.4 is 21.7 Å². The summed E-state index contributed by atoms with van der Waals surface area (Å²) in [6.07, 6.45) is 3.71. The maximum absolute atomic E-state index is 10.9. The van der Waals surface area contributed by atoms with Gasteiger partial charge in [-0.15, -0.1) is 0 Å². The number of aromatic nitrogens is 3. The summed E-state index contributed by atoms with van der Waals surface area (Å²) >= 11 is 0. The number of hydrogen-bond acceptors (Lipinski definition) is 7. The van der Waals surface area contributed by atoms with Gasteiger partial charge in [0.2, 0.25) is 23.8 Å². The molecule has 1 atom stereocenters. The van der Waals surface area contributed by atoms with Crippen LogP contribution in [0.5, 0.6) is 0 Å². The molecule has 1 unspecified atom stereocenters. The van der Waals surface area contributed by atoms with Crippen molar-refractivity contribution in [2.75, 3.05) is 29.0 Å². The maximum Gasteiger partial charge on any atom is 0.231 e. The van der Waals surface area contributed by atoms with Crippen LogP contribution >= 0.6 is 0 Å². The van der Waals surface area contributed by atoms with E-state index in [-0.39, 0.29) is 24.3 Å². The van der Waals surface area contributed by atoms with Crippen LogP contribution in [0, 0.1) is 0 Å². The van der Waals surface area contributed by atoms with E-state index in [1.165, 1.54) is 6.42 Å². The third-order valence-corrected chi connectivity index (χ3v) is 3.16. The topological polar surface area (TPSA) is 123 Å². The lowest BCUT2D eigenvalue weighted by Crippen LogP contribution is -2.32. The Morgan fingerprint density at radius 3 is 2.65 bits per heavy atom. The number of nitrogen functional groups attached to an aromatic ring is 1. The van der Waals surface area contributed by atoms with Gasteiger partial charge in [0, 0.05) is 25.6 Å². The van der Waals surface area contributed by atoms with Crippen molar-refractivity contribution in [3.8, 4) is 0 Å². The Balaban J connectivity index is 2.09. The van der Waals surface area contributed by atoms with Gasteiger partial charge < -0.3 is 21.7 Å². The van der Waals surface area contributed by atoms with Crippen LogP contribution in [0.2, 0.25) is 0 Å². The minimum atomic E-state index is -0.372. The Kier molecular flexibility index (Phi) is 4.54. The highest BCUT2D eigenvalue weighted by molar-refractivity contribution is 5.74. The van der Waals surface area contributed by atoms with E-state index >= 15 is 0 Å². The highest BCUT2D eigenvalue weighted by Gasteiger charge is 2.16. The van der Waals surface area contributed by atoms with Gasteiger partial charge in [-0.05, 0) is 26.2 Å². The number of nitrogens with one attached hydrogen (secondary N) is 1. The second kappa shape index (κ2) is 6.36. The molecule has 1 fully saturated rings. The molecular weight excluding hydrogens is 258 g/mol. The van der Waals surface area contributed by atoms with Crippen molar-refractivity contribution in [1.82, 2.24) is 15.0 Å². The molecule has 5 N–H and O–H groups in total. The molecule has 1 aromatic heterocycles. The lowest BCUT2D eigenvalue weighted by Gasteiger charge is -2.26. The molecule has 0 aliphatic carbocycles. The van der Waals surface area contributed by atoms with Crippen LogP contribution in [0.3, 0.4) is 0 Å². The SMILES string of the molecule is CC(CC(N)=O)Nc1nc(N)nc(N2CCCCC2)n1. The van der Waals surface area contributed by atoms with E-state index in [0.29, 0.717) is 11.9 Å². The minimum Gasteiger partial charge on any atom is -0.370 e. The fraction of sp³-hybridized carbons (Fsp3) is 0.667. The third-order valence-electron chi connectivity index (χ3n) is 3.16. The highest BCUT2D eigenvalue weighted by Crippen LogP contribution is 2.17. The summed E-state index contributed by atoms with van der Waals surface area (Å²) in [6, 6.07) is -0.150. The summed E-state index contributed by atoms with van der Waals surface area (Å²) in [7, 11) is 0. The molecule has 110 valence electrons. The van der Waals surface area contributed by atoms with Crippen molar-refractivity contribution >= 4 is 23.8 Å². The number of hydrogen-bond donors (Lipinski definition) is 3. The molecule has 2 rings (SSSR count). The lowest BCUT2D eigenvalue weighted by atomic mass is 10.1. The predicted octanol–water partition coefficient (Wildman–Crippen LogP) is 0.120. The zero-order valence-electron chi connectivity index (χ0n) is 11.7. The van der Waals surface area contributed by atoms with E-state index in [0.717, 1.165) is 25.9 Å². The number of primary amides is 1. The van der Waals surface area contributed by atoms with Gasteiger partial charge in [0.05, 0.1) is 0 Å². The second-order valence-corrected chi connectivity index (χ2v) is 5.08. The van der Waals surface area contributed by atoms with Crippen molar-refractivity contribution < 1.29 is 4.79 Å². The Morgan fingerprint density at radius 1 is 1.30 bits per heavy atom. The molecule has 0 radical (unpaired) electrons. The van der Waals surface area contributed by atoms with E-state index in [1.807, 2.05) is 6.92 Å². The molecule has 0 aromatic carbocycles. The first-order chi connectivity index (χ1) is 9.54. The normalized spacial score (nSPS) is 16.8. The molecular formula is C12H21N7O. The van der Waals surface area contributed by atoms with Gasteiger partial charge in [-0.1, -0.05) is 0 Å². The average Bonchev–Trinajstić information content (AvgIpc) is 2.38. The Morgan fingerprint density at radius 2 is 2.00 bits per heavy atom. The van der Waals surface area contributed by atoms with Gasteiger partial charge in [0.25, 0.3) is 0 Å². The fourth-order valence-corrected chi connectivity index (χ4v) is 2.25. The molecule has 1 saturated heterocycles. The zero-order chi connectivity index (χ0) is 14.5. The molecule has 1 aromatic rings. The largest absolute Gasteiger partial charge is 0.370 e. The number of rotatable bonds is 5. The molecule has 20 heavy (non-hydrogen) atoms. The van der Waals surface area contributed by atoms with E-state index in [1.54, 1.807) is 0 Å². The first-order valence-corrected chi connectivity index (χ1v) is 6.86. The second-order valence-electron chi connectivity index (χ2n) is 5.08. The number of nitrogens with two attached hydrogens (primary N) is 2. The summed E-state index contributed by atoms with van der Waals surface area (Å²) < 4.78 is 0. The average molecular weight is 279 g/mol. The maximum atomic E-state index is 10.9. The summed E-state index contributed by atoms with van der Waals surface area (Å²) in [5.41, 5.74) is 10.9. The lowest BCUT2D eigenvalue weighted by molar-refractivity contribution is -0.118. The van der Waals surface area contributed by atoms with Crippen molar-refractivity contribution in [1.29, 1.82) is 0 Å². The van der Waals surface area contributed by atoms with Gasteiger partial charge in [-0.25, -0.2) is 0 Å². The minimum absolute atomic E-state index is 0.150. The van der Waals surface area contributed by atoms with Crippen LogP contribution in [0.25, 0.3) is 0 Å². The Labute approximate surface area is 118 Å². The first-order valence-electron chi connectivity index (χ1n) is 6.86. The quantitative estimate of drug-likeness (QED) is 0.699. The number of carbonyl (C=O) groups is 1. The molecule has 8 heteroatoms. The number of nitrogens with zero attached hydrogens (tertiary/aromatic N) is 4. The fourth-order valence-electron chi connectivity index (χ4n) is 2.25. The summed E-state index contributed by atoms with van der Waals surface area (Å²) in [6.45, 7) is 3.70. The van der Waals surface area contributed by atoms with Crippen LogP contribution in [-0.2, 0) is 4.79 Å². The van der Waals surface area contributed by atoms with Crippen LogP contribution in [-0.4, -0.2) is 40.0 Å². The van der Waals surface area contributed by atoms with Crippen LogP contribution in [0.15, 0.2) is 0 Å². The number of piperidine rings is 1. The van der Waals surface area contributed by atoms with Gasteiger partial charge in [-0.2, -0.15) is 15.0 Å². The zero-order valence-corrected chi connectivity index (χ0v) is 11.7.